The van der Waals surface area contributed by atoms with Crippen LogP contribution in [0, 0.1) is 0 Å². The van der Waals surface area contributed by atoms with Crippen LogP contribution in [-0.4, -0.2) is 49.1 Å². The first kappa shape index (κ1) is 21.9. The lowest BCUT2D eigenvalue weighted by Gasteiger charge is -2.22. The highest BCUT2D eigenvalue weighted by molar-refractivity contribution is 5.90. The van der Waals surface area contributed by atoms with Crippen molar-refractivity contribution >= 4 is 17.8 Å². The van der Waals surface area contributed by atoms with Crippen molar-refractivity contribution in [1.82, 2.24) is 15.6 Å². The van der Waals surface area contributed by atoms with Gasteiger partial charge in [0.15, 0.2) is 0 Å². The summed E-state index contributed by atoms with van der Waals surface area (Å²) in [6.45, 7) is 1.34. The molecule has 2 atom stereocenters. The zero-order valence-corrected chi connectivity index (χ0v) is 16.7. The zero-order chi connectivity index (χ0) is 21.2. The molecular weight excluding hydrogens is 374 g/mol. The largest absolute Gasteiger partial charge is 0.481 e. The van der Waals surface area contributed by atoms with E-state index in [0.717, 1.165) is 11.1 Å². The smallest absolute Gasteiger partial charge is 0.328 e. The summed E-state index contributed by atoms with van der Waals surface area (Å²) < 4.78 is 9.84. The molecular formula is C21H25N3O5. The minimum Gasteiger partial charge on any atom is -0.481 e. The van der Waals surface area contributed by atoms with Crippen LogP contribution in [0.15, 0.2) is 48.7 Å². The maximum atomic E-state index is 12.8. The lowest BCUT2D eigenvalue weighted by molar-refractivity contribution is -0.145. The molecule has 2 amide bonds. The highest BCUT2D eigenvalue weighted by Crippen LogP contribution is 2.10. The first-order valence-electron chi connectivity index (χ1n) is 9.11. The molecule has 29 heavy (non-hydrogen) atoms. The first-order chi connectivity index (χ1) is 13.9. The number of ether oxygens (including phenoxy) is 2. The van der Waals surface area contributed by atoms with Gasteiger partial charge in [0.1, 0.15) is 12.1 Å². The van der Waals surface area contributed by atoms with Gasteiger partial charge in [-0.25, -0.2) is 9.78 Å². The standard InChI is InChI=1S/C21H25N3O5/c1-14(25)23-17(11-15-7-5-4-6-8-15)20(26)24-18(21(27)29-3)12-16-9-10-19(28-2)22-13-16/h4-10,13,17-18H,11-12H2,1-3H3,(H,23,25)(H,24,26)/t17-,18+/m0/s1. The fourth-order valence-electron chi connectivity index (χ4n) is 2.80. The highest BCUT2D eigenvalue weighted by Gasteiger charge is 2.27. The predicted molar refractivity (Wildman–Crippen MR) is 106 cm³/mol. The molecule has 0 saturated carbocycles. The molecule has 0 fully saturated rings. The zero-order valence-electron chi connectivity index (χ0n) is 16.7. The Morgan fingerprint density at radius 2 is 1.62 bits per heavy atom. The molecule has 0 aliphatic carbocycles. The first-order valence-corrected chi connectivity index (χ1v) is 9.11. The van der Waals surface area contributed by atoms with Crippen molar-refractivity contribution < 1.29 is 23.9 Å². The van der Waals surface area contributed by atoms with E-state index in [2.05, 4.69) is 15.6 Å². The van der Waals surface area contributed by atoms with Gasteiger partial charge in [-0.05, 0) is 11.1 Å². The number of carbonyl (C=O) groups is 3. The molecule has 1 heterocycles. The molecule has 2 N–H and O–H groups in total. The molecule has 0 saturated heterocycles. The number of hydrogen-bond donors (Lipinski definition) is 2. The van der Waals surface area contributed by atoms with Gasteiger partial charge >= 0.3 is 5.97 Å². The van der Waals surface area contributed by atoms with Crippen molar-refractivity contribution in [2.45, 2.75) is 31.8 Å². The quantitative estimate of drug-likeness (QED) is 0.610. The molecule has 154 valence electrons. The van der Waals surface area contributed by atoms with E-state index in [9.17, 15) is 14.4 Å². The van der Waals surface area contributed by atoms with E-state index in [-0.39, 0.29) is 12.3 Å². The summed E-state index contributed by atoms with van der Waals surface area (Å²) >= 11 is 0. The molecule has 0 spiro atoms. The maximum absolute atomic E-state index is 12.8. The molecule has 1 aromatic carbocycles. The Labute approximate surface area is 169 Å². The van der Waals surface area contributed by atoms with E-state index in [1.165, 1.54) is 21.1 Å². The van der Waals surface area contributed by atoms with Gasteiger partial charge in [-0.2, -0.15) is 0 Å². The number of nitrogens with zero attached hydrogens (tertiary/aromatic N) is 1. The number of aromatic nitrogens is 1. The number of benzene rings is 1. The third-order valence-electron chi connectivity index (χ3n) is 4.23. The number of carbonyl (C=O) groups excluding carboxylic acids is 3. The van der Waals surface area contributed by atoms with Gasteiger partial charge in [-0.1, -0.05) is 36.4 Å². The summed E-state index contributed by atoms with van der Waals surface area (Å²) in [6.07, 6.45) is 2.05. The minimum absolute atomic E-state index is 0.188. The van der Waals surface area contributed by atoms with Gasteiger partial charge in [0.05, 0.1) is 14.2 Å². The number of methoxy groups -OCH3 is 2. The van der Waals surface area contributed by atoms with Crippen LogP contribution in [0.25, 0.3) is 0 Å². The number of hydrogen-bond acceptors (Lipinski definition) is 6. The van der Waals surface area contributed by atoms with Crippen molar-refractivity contribution in [2.75, 3.05) is 14.2 Å². The van der Waals surface area contributed by atoms with E-state index >= 15 is 0 Å². The summed E-state index contributed by atoms with van der Waals surface area (Å²) in [5.41, 5.74) is 1.61. The summed E-state index contributed by atoms with van der Waals surface area (Å²) in [5.74, 6) is -0.951. The number of rotatable bonds is 9. The Bertz CT molecular complexity index is 824. The highest BCUT2D eigenvalue weighted by atomic mass is 16.5. The molecule has 0 aliphatic heterocycles. The Hall–Kier alpha value is -3.42. The van der Waals surface area contributed by atoms with E-state index in [4.69, 9.17) is 9.47 Å². The fraction of sp³-hybridized carbons (Fsp3) is 0.333. The third kappa shape index (κ3) is 6.91. The summed E-state index contributed by atoms with van der Waals surface area (Å²) in [4.78, 5) is 40.7. The fourth-order valence-corrected chi connectivity index (χ4v) is 2.80. The summed E-state index contributed by atoms with van der Waals surface area (Å²) in [7, 11) is 2.76. The van der Waals surface area contributed by atoms with Gasteiger partial charge in [0, 0.05) is 32.0 Å². The van der Waals surface area contributed by atoms with Crippen LogP contribution >= 0.6 is 0 Å². The second kappa shape index (κ2) is 10.8. The van der Waals surface area contributed by atoms with Crippen LogP contribution in [0.4, 0.5) is 0 Å². The lowest BCUT2D eigenvalue weighted by atomic mass is 10.0. The van der Waals surface area contributed by atoms with Crippen LogP contribution < -0.4 is 15.4 Å². The maximum Gasteiger partial charge on any atom is 0.328 e. The SMILES string of the molecule is COC(=O)[C@@H](Cc1ccc(OC)nc1)NC(=O)[C@H](Cc1ccccc1)NC(C)=O. The van der Waals surface area contributed by atoms with Crippen molar-refractivity contribution in [1.29, 1.82) is 0 Å². The van der Waals surface area contributed by atoms with E-state index in [0.29, 0.717) is 12.3 Å². The second-order valence-corrected chi connectivity index (χ2v) is 6.44. The number of amides is 2. The van der Waals surface area contributed by atoms with Crippen LogP contribution in [0.2, 0.25) is 0 Å². The predicted octanol–water partition coefficient (Wildman–Crippen LogP) is 1.04. The Morgan fingerprint density at radius 1 is 0.931 bits per heavy atom. The van der Waals surface area contributed by atoms with Crippen LogP contribution in [0.1, 0.15) is 18.1 Å². The topological polar surface area (TPSA) is 107 Å². The monoisotopic (exact) mass is 399 g/mol. The summed E-state index contributed by atoms with van der Waals surface area (Å²) in [6, 6.07) is 11.0. The Balaban J connectivity index is 2.13. The van der Waals surface area contributed by atoms with Gasteiger partial charge in [-0.15, -0.1) is 0 Å². The van der Waals surface area contributed by atoms with E-state index in [1.807, 2.05) is 30.3 Å². The average molecular weight is 399 g/mol. The van der Waals surface area contributed by atoms with E-state index in [1.54, 1.807) is 18.3 Å². The number of esters is 1. The minimum atomic E-state index is -0.922. The van der Waals surface area contributed by atoms with E-state index < -0.39 is 24.0 Å². The van der Waals surface area contributed by atoms with Crippen molar-refractivity contribution in [3.8, 4) is 5.88 Å². The molecule has 0 aliphatic rings. The molecule has 2 aromatic rings. The second-order valence-electron chi connectivity index (χ2n) is 6.44. The van der Waals surface area contributed by atoms with Gasteiger partial charge in [0.25, 0.3) is 0 Å². The lowest BCUT2D eigenvalue weighted by Crippen LogP contribution is -2.53. The molecule has 2 rings (SSSR count). The van der Waals surface area contributed by atoms with Crippen molar-refractivity contribution in [3.63, 3.8) is 0 Å². The van der Waals surface area contributed by atoms with Crippen molar-refractivity contribution in [2.24, 2.45) is 0 Å². The van der Waals surface area contributed by atoms with Gasteiger partial charge < -0.3 is 20.1 Å². The molecule has 0 bridgehead atoms. The molecule has 0 radical (unpaired) electrons. The van der Waals surface area contributed by atoms with Gasteiger partial charge in [0.2, 0.25) is 17.7 Å². The molecule has 0 unspecified atom stereocenters. The van der Waals surface area contributed by atoms with Crippen LogP contribution in [-0.2, 0) is 32.0 Å². The normalized spacial score (nSPS) is 12.4. The number of nitrogens with one attached hydrogen (secondary N) is 2. The van der Waals surface area contributed by atoms with Crippen LogP contribution in [0.3, 0.4) is 0 Å². The molecule has 8 nitrogen and oxygen atoms in total. The third-order valence-corrected chi connectivity index (χ3v) is 4.23. The molecule has 1 aromatic heterocycles. The molecule has 8 heteroatoms. The van der Waals surface area contributed by atoms with Crippen LogP contribution in [0.5, 0.6) is 5.88 Å². The number of pyridine rings is 1. The Morgan fingerprint density at radius 3 is 2.17 bits per heavy atom. The van der Waals surface area contributed by atoms with Crippen molar-refractivity contribution in [3.05, 3.63) is 59.8 Å². The summed E-state index contributed by atoms with van der Waals surface area (Å²) in [5, 5.41) is 5.32. The van der Waals surface area contributed by atoms with Gasteiger partial charge in [-0.3, -0.25) is 9.59 Å². The average Bonchev–Trinajstić information content (AvgIpc) is 2.73. The Kier molecular flexibility index (Phi) is 8.14.